The van der Waals surface area contributed by atoms with Crippen LogP contribution in [0.1, 0.15) is 216 Å². The zero-order valence-electron chi connectivity index (χ0n) is 82.6. The number of imidazole rings is 1. The predicted octanol–water partition coefficient (Wildman–Crippen LogP) is -4.33. The van der Waals surface area contributed by atoms with E-state index < -0.39 is 260 Å². The molecule has 5 aromatic rings. The van der Waals surface area contributed by atoms with Crippen molar-refractivity contribution in [3.8, 4) is 0 Å². The molecule has 0 radical (unpaired) electrons. The highest BCUT2D eigenvalue weighted by molar-refractivity contribution is 7.90. The summed E-state index contributed by atoms with van der Waals surface area (Å²) in [6.45, 7) is -1.89. The van der Waals surface area contributed by atoms with Crippen molar-refractivity contribution in [2.75, 3.05) is 78.1 Å². The minimum atomic E-state index is -3.95. The second-order valence-electron chi connectivity index (χ2n) is 36.1. The molecule has 0 spiro atoms. The van der Waals surface area contributed by atoms with Crippen LogP contribution in [0.4, 0.5) is 0 Å². The molecule has 29 N–H and O–H groups in total. The van der Waals surface area contributed by atoms with Crippen LogP contribution in [0.3, 0.4) is 0 Å². The average molecular weight is 2070 g/mol. The number of H-pyrrole nitrogens is 3. The second-order valence-corrected chi connectivity index (χ2v) is 37.9. The van der Waals surface area contributed by atoms with Gasteiger partial charge in [0.2, 0.25) is 110 Å². The number of carbonyl (C=O) groups is 17. The largest absolute Gasteiger partial charge is 0.394 e. The van der Waals surface area contributed by atoms with Gasteiger partial charge in [0.1, 0.15) is 78.9 Å². The van der Waals surface area contributed by atoms with Crippen LogP contribution in [0.25, 0.3) is 10.9 Å². The van der Waals surface area contributed by atoms with Gasteiger partial charge in [-0.25, -0.2) is 18.5 Å². The molecular formula is C94H146N28O23S. The summed E-state index contributed by atoms with van der Waals surface area (Å²) in [6, 6.07) is -2.01. The third kappa shape index (κ3) is 45.3. The molecule has 7 rings (SSSR count). The number of nitrogens with two attached hydrogens (primary N) is 4. The number of hydrogen-bond acceptors (Lipinski definition) is 29. The number of amides is 17. The summed E-state index contributed by atoms with van der Waals surface area (Å²) in [4.78, 5) is 248. The van der Waals surface area contributed by atoms with E-state index in [0.29, 0.717) is 34.9 Å². The number of aryl methyl sites for hydroxylation is 1. The minimum Gasteiger partial charge on any atom is -0.394 e. The number of aromatic nitrogens is 7. The number of guanidine groups is 1. The Morgan fingerprint density at radius 2 is 1.23 bits per heavy atom. The first kappa shape index (κ1) is 119. The van der Waals surface area contributed by atoms with Crippen molar-refractivity contribution in [2.24, 2.45) is 22.9 Å². The number of primary amides is 2. The van der Waals surface area contributed by atoms with Crippen molar-refractivity contribution in [1.82, 2.24) is 120 Å². The van der Waals surface area contributed by atoms with Crippen LogP contribution in [-0.2, 0) is 127 Å². The van der Waals surface area contributed by atoms with Gasteiger partial charge in [0.05, 0.1) is 56.9 Å². The lowest BCUT2D eigenvalue weighted by Crippen LogP contribution is -2.62. The number of fused-ring (bicyclic) bond motifs is 2. The van der Waals surface area contributed by atoms with E-state index in [2.05, 4.69) is 115 Å². The lowest BCUT2D eigenvalue weighted by Gasteiger charge is -2.31. The number of aromatic amines is 3. The SMILES string of the molecule is CCCC[C@H](NC(=O)[C@H](CN)NC(=O)[C@H](Cc1c[nH]cn1)NC(=O)[C@H](CCC(N)=O)NC(=O)[C@H](CO)NC(=O)CNC(=O)COCCOCCNC(=O)CCCS(=O)(=O)NC(=O)CCCCCCCCCCCCCCCc1nnn[nH]1)C(=O)N[C@H]1CCC(=O)NCCCC[C@@H](C(N)=O)NC(=O)[C@H](Cc2c[nH]c3ccccc23)NC(=O)[C@H](CCCNC(=N)N)NC(=O)[C@@H](Cc2ccccc2)NC(=O)[C@@H]2C[C@@H](O)CN2C1=O. The van der Waals surface area contributed by atoms with Crippen molar-refractivity contribution in [1.29, 1.82) is 5.41 Å². The smallest absolute Gasteiger partial charge is 0.246 e. The number of ether oxygens (including phenoxy) is 2. The first-order chi connectivity index (χ1) is 70.1. The number of rotatable bonds is 61. The molecule has 2 aromatic carbocycles. The predicted molar refractivity (Wildman–Crippen MR) is 530 cm³/mol. The van der Waals surface area contributed by atoms with Gasteiger partial charge in [-0.15, -0.1) is 5.10 Å². The number of aliphatic hydroxyl groups excluding tert-OH is 2. The molecule has 0 unspecified atom stereocenters. The normalized spacial score (nSPS) is 18.4. The third-order valence-corrected chi connectivity index (χ3v) is 25.7. The summed E-state index contributed by atoms with van der Waals surface area (Å²) in [6.07, 6.45) is 15.1. The number of nitrogens with one attached hydrogen (secondary N) is 19. The summed E-state index contributed by atoms with van der Waals surface area (Å²) >= 11 is 0. The van der Waals surface area contributed by atoms with Gasteiger partial charge in [-0.1, -0.05) is 139 Å². The summed E-state index contributed by atoms with van der Waals surface area (Å²) < 4.78 is 37.9. The standard InChI is InChI=1S/C94H146N28O23S/c1-2-3-29-66(84(132)112-69-37-39-79(127)101-40-23-22-31-65(83(97)131)108-88(136)71(48-60-52-104-64-30-21-20-28-63(60)64)113-85(133)67(32-24-41-103-94(98)99)109-87(135)70(47-59-26-16-15-17-27-59)115-92(140)75-50-62(124)55-122(75)93(69)141)110-90(138)73(51-95)116-89(137)72(49-61-53-100-58-106-61)114-86(134)68(36-38-76(96)125)111-91(139)74(56-123)107-81(129)54-105-82(130)57-145-45-44-144-43-42-102-78(126)35-25-46-146(142,143)119-80(128)34-19-14-12-10-8-6-4-5-7-9-11-13-18-33-77-117-120-121-118-77/h15-17,20-21,26-28,30,52-53,58,62,65-75,104,123-124H,2-14,18-19,22-25,29,31-51,54-57,95H2,1H3,(H2,96,125)(H2,97,131)(H,100,106)(H,101,127)(H,102,126)(H,105,130)(H,107,129)(H,108,136)(H,109,135)(H,110,138)(H,111,139)(H,112,132)(H,113,133)(H,114,134)(H,115,140)(H,116,137)(H,119,128)(H4,98,99,103)(H,117,118,120,121)/t62-,65+,66+,67+,68+,69+,70-,71+,72+,73+,74+,75+/m1/s1. The first-order valence-corrected chi connectivity index (χ1v) is 51.5. The van der Waals surface area contributed by atoms with Gasteiger partial charge in [-0.3, -0.25) is 91.6 Å². The van der Waals surface area contributed by atoms with Crippen molar-refractivity contribution in [2.45, 2.75) is 291 Å². The molecule has 0 bridgehead atoms. The maximum atomic E-state index is 15.3. The highest BCUT2D eigenvalue weighted by Gasteiger charge is 2.45. The molecule has 0 saturated carbocycles. The van der Waals surface area contributed by atoms with Crippen molar-refractivity contribution in [3.05, 3.63) is 96.0 Å². The average Bonchev–Trinajstić information content (AvgIpc) is 1.67. The molecule has 17 amide bonds. The Morgan fingerprint density at radius 3 is 1.90 bits per heavy atom. The highest BCUT2D eigenvalue weighted by atomic mass is 32.2. The highest BCUT2D eigenvalue weighted by Crippen LogP contribution is 2.25. The molecular weight excluding hydrogens is 1920 g/mol. The number of unbranched alkanes of at least 4 members (excludes halogenated alkanes) is 13. The van der Waals surface area contributed by atoms with E-state index in [4.69, 9.17) is 37.8 Å². The maximum absolute atomic E-state index is 15.3. The third-order valence-electron chi connectivity index (χ3n) is 24.3. The summed E-state index contributed by atoms with van der Waals surface area (Å²) in [5, 5.41) is 79.8. The monoisotopic (exact) mass is 2070 g/mol. The number of aliphatic hydroxyl groups is 2. The van der Waals surface area contributed by atoms with Crippen LogP contribution >= 0.6 is 0 Å². The Labute approximate surface area is 846 Å². The number of sulfonamides is 1. The molecule has 806 valence electrons. The number of tetrazole rings is 1. The van der Waals surface area contributed by atoms with Crippen LogP contribution in [-0.4, -0.2) is 316 Å². The summed E-state index contributed by atoms with van der Waals surface area (Å²) in [5.74, 6) is -15.5. The zero-order chi connectivity index (χ0) is 106. The van der Waals surface area contributed by atoms with Crippen molar-refractivity contribution in [3.63, 3.8) is 0 Å². The van der Waals surface area contributed by atoms with Gasteiger partial charge >= 0.3 is 0 Å². The van der Waals surface area contributed by atoms with Gasteiger partial charge < -0.3 is 132 Å². The second kappa shape index (κ2) is 65.6. The molecule has 2 aliphatic heterocycles. The van der Waals surface area contributed by atoms with E-state index in [1.807, 2.05) is 6.07 Å². The zero-order valence-corrected chi connectivity index (χ0v) is 83.4. The van der Waals surface area contributed by atoms with Gasteiger partial charge in [0.15, 0.2) is 5.96 Å². The fourth-order valence-corrected chi connectivity index (χ4v) is 17.4. The number of hydrogen-bond donors (Lipinski definition) is 25. The quantitative estimate of drug-likeness (QED) is 0.00994. The van der Waals surface area contributed by atoms with E-state index in [9.17, 15) is 85.8 Å². The minimum absolute atomic E-state index is 0.0194. The van der Waals surface area contributed by atoms with E-state index in [1.54, 1.807) is 61.7 Å². The van der Waals surface area contributed by atoms with Crippen LogP contribution in [0.2, 0.25) is 0 Å². The molecule has 5 heterocycles. The summed E-state index contributed by atoms with van der Waals surface area (Å²) in [5.41, 5.74) is 25.1. The molecule has 3 aromatic heterocycles. The van der Waals surface area contributed by atoms with Crippen molar-refractivity contribution >= 4 is 127 Å². The number of carbonyl (C=O) groups excluding carboxylic acids is 17. The Morgan fingerprint density at radius 1 is 0.603 bits per heavy atom. The van der Waals surface area contributed by atoms with Gasteiger partial charge in [0, 0.05) is 114 Å². The van der Waals surface area contributed by atoms with Crippen LogP contribution in [0, 0.1) is 5.41 Å². The van der Waals surface area contributed by atoms with Crippen LogP contribution < -0.4 is 102 Å². The molecule has 51 nitrogen and oxygen atoms in total. The van der Waals surface area contributed by atoms with E-state index >= 15 is 14.4 Å². The number of para-hydroxylation sites is 1. The Bertz CT molecular complexity index is 5140. The van der Waals surface area contributed by atoms with Crippen molar-refractivity contribution < 1.29 is 110 Å². The fourth-order valence-electron chi connectivity index (χ4n) is 16.3. The van der Waals surface area contributed by atoms with Gasteiger partial charge in [-0.2, -0.15) is 0 Å². The van der Waals surface area contributed by atoms with Crippen LogP contribution in [0.15, 0.2) is 73.3 Å². The number of benzene rings is 2. The lowest BCUT2D eigenvalue weighted by molar-refractivity contribution is -0.143. The van der Waals surface area contributed by atoms with E-state index in [0.717, 1.165) is 62.1 Å². The Kier molecular flexibility index (Phi) is 53.6. The van der Waals surface area contributed by atoms with Gasteiger partial charge in [0.25, 0.3) is 0 Å². The summed E-state index contributed by atoms with van der Waals surface area (Å²) in [7, 11) is -3.95. The maximum Gasteiger partial charge on any atom is 0.246 e. The molecule has 2 saturated heterocycles. The molecule has 2 fully saturated rings. The van der Waals surface area contributed by atoms with E-state index in [1.165, 1.54) is 44.6 Å². The van der Waals surface area contributed by atoms with Gasteiger partial charge in [-0.05, 0) is 98.2 Å². The molecule has 52 heteroatoms. The fraction of sp³-hybridized carbons (Fsp3) is 0.617. The Hall–Kier alpha value is -13.7. The molecule has 0 aliphatic carbocycles. The number of nitrogens with zero attached hydrogens (tertiary/aromatic N) is 5. The first-order valence-electron chi connectivity index (χ1n) is 49.9. The topological polar surface area (TPSA) is 794 Å². The molecule has 12 atom stereocenters. The molecule has 146 heavy (non-hydrogen) atoms. The molecule has 2 aliphatic rings. The Balaban J connectivity index is 0.910. The lowest BCUT2D eigenvalue weighted by atomic mass is 10.0. The van der Waals surface area contributed by atoms with E-state index in [-0.39, 0.29) is 128 Å². The van der Waals surface area contributed by atoms with Crippen LogP contribution in [0.5, 0.6) is 0 Å².